The molecule has 1 aliphatic rings. The third kappa shape index (κ3) is 4.36. The van der Waals surface area contributed by atoms with E-state index in [9.17, 15) is 13.2 Å². The van der Waals surface area contributed by atoms with Gasteiger partial charge >= 0.3 is 6.18 Å². The maximum absolute atomic E-state index is 12.8. The molecule has 0 aliphatic carbocycles. The van der Waals surface area contributed by atoms with Gasteiger partial charge in [0.2, 0.25) is 0 Å². The predicted molar refractivity (Wildman–Crippen MR) is 74.9 cm³/mol. The number of anilines is 1. The summed E-state index contributed by atoms with van der Waals surface area (Å²) in [5.74, 6) is 0. The summed E-state index contributed by atoms with van der Waals surface area (Å²) in [5.41, 5.74) is -0.824. The normalized spacial score (nSPS) is 16.5. The molecule has 1 N–H and O–H groups in total. The van der Waals surface area contributed by atoms with Crippen molar-refractivity contribution in [2.45, 2.75) is 25.4 Å². The summed E-state index contributed by atoms with van der Waals surface area (Å²) in [4.78, 5) is 2.31. The Kier molecular flexibility index (Phi) is 5.07. The summed E-state index contributed by atoms with van der Waals surface area (Å²) < 4.78 is 38.5. The maximum Gasteiger partial charge on any atom is 0.417 e. The van der Waals surface area contributed by atoms with Crippen molar-refractivity contribution in [1.82, 2.24) is 4.90 Å². The van der Waals surface area contributed by atoms with Gasteiger partial charge in [0.05, 0.1) is 17.2 Å². The first-order valence-corrected chi connectivity index (χ1v) is 7.08. The van der Waals surface area contributed by atoms with Gasteiger partial charge < -0.3 is 10.2 Å². The Balaban J connectivity index is 1.96. The zero-order valence-corrected chi connectivity index (χ0v) is 11.7. The van der Waals surface area contributed by atoms with Crippen LogP contribution in [0.3, 0.4) is 0 Å². The molecule has 1 saturated heterocycles. The molecule has 0 unspecified atom stereocenters. The fourth-order valence-electron chi connectivity index (χ4n) is 2.53. The lowest BCUT2D eigenvalue weighted by Crippen LogP contribution is -2.33. The molecule has 0 radical (unpaired) electrons. The van der Waals surface area contributed by atoms with E-state index in [0.29, 0.717) is 12.2 Å². The van der Waals surface area contributed by atoms with E-state index in [1.54, 1.807) is 6.07 Å². The van der Waals surface area contributed by atoms with E-state index in [-0.39, 0.29) is 5.56 Å². The van der Waals surface area contributed by atoms with Crippen LogP contribution in [0.15, 0.2) is 18.2 Å². The molecule has 114 valence electrons. The number of alkyl halides is 3. The van der Waals surface area contributed by atoms with E-state index in [4.69, 9.17) is 5.26 Å². The van der Waals surface area contributed by atoms with Gasteiger partial charge in [-0.05, 0) is 44.1 Å². The molecule has 0 spiro atoms. The molecule has 1 fully saturated rings. The van der Waals surface area contributed by atoms with Crippen LogP contribution in [0.1, 0.15) is 30.4 Å². The van der Waals surface area contributed by atoms with E-state index in [1.807, 2.05) is 0 Å². The Hall–Kier alpha value is -1.74. The summed E-state index contributed by atoms with van der Waals surface area (Å²) in [6.45, 7) is 3.54. The summed E-state index contributed by atoms with van der Waals surface area (Å²) >= 11 is 0. The van der Waals surface area contributed by atoms with Crippen molar-refractivity contribution in [2.75, 3.05) is 31.5 Å². The van der Waals surface area contributed by atoms with Crippen LogP contribution in [0.2, 0.25) is 0 Å². The van der Waals surface area contributed by atoms with Crippen molar-refractivity contribution < 1.29 is 13.2 Å². The van der Waals surface area contributed by atoms with E-state index in [1.165, 1.54) is 31.4 Å². The van der Waals surface area contributed by atoms with Crippen molar-refractivity contribution in [1.29, 1.82) is 5.26 Å². The Bertz CT molecular complexity index is 514. The van der Waals surface area contributed by atoms with Crippen LogP contribution in [-0.4, -0.2) is 31.1 Å². The van der Waals surface area contributed by atoms with Crippen LogP contribution < -0.4 is 5.32 Å². The van der Waals surface area contributed by atoms with Crippen molar-refractivity contribution in [3.8, 4) is 6.07 Å². The summed E-state index contributed by atoms with van der Waals surface area (Å²) in [6.07, 6.45) is -0.867. The molecule has 6 heteroatoms. The number of benzene rings is 1. The number of likely N-dealkylation sites (tertiary alicyclic amines) is 1. The van der Waals surface area contributed by atoms with E-state index >= 15 is 0 Å². The van der Waals surface area contributed by atoms with Gasteiger partial charge in [-0.2, -0.15) is 18.4 Å². The van der Waals surface area contributed by atoms with Crippen LogP contribution in [-0.2, 0) is 6.18 Å². The minimum absolute atomic E-state index is 0.343. The Morgan fingerprint density at radius 3 is 2.52 bits per heavy atom. The van der Waals surface area contributed by atoms with Gasteiger partial charge in [-0.3, -0.25) is 0 Å². The van der Waals surface area contributed by atoms with E-state index in [2.05, 4.69) is 10.2 Å². The van der Waals surface area contributed by atoms with Crippen LogP contribution in [0.4, 0.5) is 18.9 Å². The van der Waals surface area contributed by atoms with Gasteiger partial charge in [-0.15, -0.1) is 0 Å². The molecule has 1 aromatic rings. The lowest BCUT2D eigenvalue weighted by atomic mass is 10.1. The zero-order valence-electron chi connectivity index (χ0n) is 11.7. The molecule has 2 rings (SSSR count). The second-order valence-electron chi connectivity index (χ2n) is 5.20. The second kappa shape index (κ2) is 6.81. The highest BCUT2D eigenvalue weighted by molar-refractivity contribution is 5.53. The highest BCUT2D eigenvalue weighted by Crippen LogP contribution is 2.33. The van der Waals surface area contributed by atoms with Crippen molar-refractivity contribution in [3.63, 3.8) is 0 Å². The standard InChI is InChI=1S/C15H18F3N3/c16-15(17,18)14-10-13(5-4-12(14)11-19)20-6-9-21-7-2-1-3-8-21/h4-5,10,20H,1-3,6-9H2. The van der Waals surface area contributed by atoms with Gasteiger partial charge in [-0.25, -0.2) is 0 Å². The highest BCUT2D eigenvalue weighted by Gasteiger charge is 2.33. The van der Waals surface area contributed by atoms with E-state index in [0.717, 1.165) is 25.7 Å². The average molecular weight is 297 g/mol. The monoisotopic (exact) mass is 297 g/mol. The molecule has 1 aliphatic heterocycles. The van der Waals surface area contributed by atoms with Gasteiger partial charge in [-0.1, -0.05) is 6.42 Å². The molecular formula is C15H18F3N3. The molecule has 0 saturated carbocycles. The first kappa shape index (κ1) is 15.6. The van der Waals surface area contributed by atoms with Gasteiger partial charge in [0, 0.05) is 18.8 Å². The first-order chi connectivity index (χ1) is 10.0. The Morgan fingerprint density at radius 2 is 1.90 bits per heavy atom. The summed E-state index contributed by atoms with van der Waals surface area (Å²) in [6, 6.07) is 5.32. The number of rotatable bonds is 4. The average Bonchev–Trinajstić information content (AvgIpc) is 2.47. The van der Waals surface area contributed by atoms with Crippen molar-refractivity contribution in [3.05, 3.63) is 29.3 Å². The van der Waals surface area contributed by atoms with E-state index < -0.39 is 11.7 Å². The number of halogens is 3. The number of nitrogens with zero attached hydrogens (tertiary/aromatic N) is 2. The lowest BCUT2D eigenvalue weighted by molar-refractivity contribution is -0.137. The molecule has 1 aromatic carbocycles. The third-order valence-electron chi connectivity index (χ3n) is 3.65. The smallest absolute Gasteiger partial charge is 0.384 e. The Labute approximate surface area is 122 Å². The van der Waals surface area contributed by atoms with Crippen LogP contribution in [0.25, 0.3) is 0 Å². The van der Waals surface area contributed by atoms with Gasteiger partial charge in [0.1, 0.15) is 0 Å². The summed E-state index contributed by atoms with van der Waals surface area (Å²) in [7, 11) is 0. The number of nitrogens with one attached hydrogen (secondary N) is 1. The molecule has 0 amide bonds. The highest BCUT2D eigenvalue weighted by atomic mass is 19.4. The largest absolute Gasteiger partial charge is 0.417 e. The van der Waals surface area contributed by atoms with Gasteiger partial charge in [0.15, 0.2) is 0 Å². The van der Waals surface area contributed by atoms with Crippen LogP contribution in [0.5, 0.6) is 0 Å². The SMILES string of the molecule is N#Cc1ccc(NCCN2CCCCC2)cc1C(F)(F)F. The quantitative estimate of drug-likeness (QED) is 0.925. The number of nitriles is 1. The third-order valence-corrected chi connectivity index (χ3v) is 3.65. The molecule has 0 atom stereocenters. The zero-order chi connectivity index (χ0) is 15.3. The van der Waals surface area contributed by atoms with Crippen LogP contribution in [0, 0.1) is 11.3 Å². The molecule has 3 nitrogen and oxygen atoms in total. The molecule has 1 heterocycles. The molecule has 0 aromatic heterocycles. The second-order valence-corrected chi connectivity index (χ2v) is 5.20. The maximum atomic E-state index is 12.8. The fourth-order valence-corrected chi connectivity index (χ4v) is 2.53. The van der Waals surface area contributed by atoms with Gasteiger partial charge in [0.25, 0.3) is 0 Å². The first-order valence-electron chi connectivity index (χ1n) is 7.08. The van der Waals surface area contributed by atoms with Crippen molar-refractivity contribution in [2.24, 2.45) is 0 Å². The Morgan fingerprint density at radius 1 is 1.19 bits per heavy atom. The van der Waals surface area contributed by atoms with Crippen LogP contribution >= 0.6 is 0 Å². The number of hydrogen-bond acceptors (Lipinski definition) is 3. The predicted octanol–water partition coefficient (Wildman–Crippen LogP) is 3.47. The topological polar surface area (TPSA) is 39.1 Å². The van der Waals surface area contributed by atoms with Crippen molar-refractivity contribution >= 4 is 5.69 Å². The minimum Gasteiger partial charge on any atom is -0.384 e. The molecule has 0 bridgehead atoms. The molecule has 21 heavy (non-hydrogen) atoms. The molecular weight excluding hydrogens is 279 g/mol. The summed E-state index contributed by atoms with van der Waals surface area (Å²) in [5, 5.41) is 11.7. The fraction of sp³-hybridized carbons (Fsp3) is 0.533. The number of piperidine rings is 1. The minimum atomic E-state index is -4.50. The number of hydrogen-bond donors (Lipinski definition) is 1. The lowest BCUT2D eigenvalue weighted by Gasteiger charge is -2.26.